The van der Waals surface area contributed by atoms with E-state index >= 15 is 0 Å². The van der Waals surface area contributed by atoms with Gasteiger partial charge in [-0.2, -0.15) is 0 Å². The lowest BCUT2D eigenvalue weighted by atomic mass is 10.1. The summed E-state index contributed by atoms with van der Waals surface area (Å²) in [5.74, 6) is 0. The van der Waals surface area contributed by atoms with Crippen LogP contribution in [0.25, 0.3) is 11.0 Å². The first-order valence-electron chi connectivity index (χ1n) is 6.70. The lowest BCUT2D eigenvalue weighted by Gasteiger charge is -2.27. The fourth-order valence-corrected chi connectivity index (χ4v) is 2.73. The molecule has 0 aliphatic carbocycles. The minimum atomic E-state index is -0.879. The van der Waals surface area contributed by atoms with Gasteiger partial charge in [-0.25, -0.2) is 0 Å². The number of nitrogens with one attached hydrogen (secondary N) is 2. The van der Waals surface area contributed by atoms with Crippen molar-refractivity contribution in [3.05, 3.63) is 59.2 Å². The van der Waals surface area contributed by atoms with E-state index in [0.717, 1.165) is 0 Å². The summed E-state index contributed by atoms with van der Waals surface area (Å²) in [5.41, 5.74) is 4.85. The number of aromatic nitrogens is 2. The number of aromatic amines is 2. The number of nitrogens with zero attached hydrogens (tertiary/aromatic N) is 3. The third kappa shape index (κ3) is 2.98. The minimum Gasteiger partial charge on any atom is -0.339 e. The molecular formula is C13H11BrN6O4. The maximum absolute atomic E-state index is 11.6. The van der Waals surface area contributed by atoms with Crippen molar-refractivity contribution < 1.29 is 4.92 Å². The number of hydrogen-bond acceptors (Lipinski definition) is 7. The molecule has 1 aromatic heterocycles. The van der Waals surface area contributed by atoms with Gasteiger partial charge in [0.2, 0.25) is 0 Å². The molecule has 10 nitrogen and oxygen atoms in total. The average molecular weight is 395 g/mol. The average Bonchev–Trinajstić information content (AvgIpc) is 2.52. The van der Waals surface area contributed by atoms with Gasteiger partial charge in [0, 0.05) is 36.7 Å². The molecule has 3 rings (SSSR count). The molecule has 1 unspecified atom stereocenters. The number of non-ortho nitro benzene ring substituents is 1. The number of nitro benzene ring substituents is 1. The molecule has 1 aromatic carbocycles. The lowest BCUT2D eigenvalue weighted by Crippen LogP contribution is -2.38. The van der Waals surface area contributed by atoms with Crippen LogP contribution in [0.15, 0.2) is 37.4 Å². The Morgan fingerprint density at radius 2 is 2.04 bits per heavy atom. The Kier molecular flexibility index (Phi) is 4.03. The highest BCUT2D eigenvalue weighted by molar-refractivity contribution is 9.12. The number of hydrogen-bond donors (Lipinski definition) is 3. The second-order valence-corrected chi connectivity index (χ2v) is 5.99. The van der Waals surface area contributed by atoms with Crippen LogP contribution < -0.4 is 16.9 Å². The van der Waals surface area contributed by atoms with Gasteiger partial charge < -0.3 is 14.9 Å². The smallest absolute Gasteiger partial charge is 0.314 e. The normalized spacial score (nSPS) is 17.2. The molecule has 24 heavy (non-hydrogen) atoms. The first-order chi connectivity index (χ1) is 11.3. The number of aliphatic imine (C=N–C) groups is 1. The van der Waals surface area contributed by atoms with Crippen LogP contribution in [-0.2, 0) is 6.54 Å². The maximum Gasteiger partial charge on any atom is 0.314 e. The van der Waals surface area contributed by atoms with Crippen LogP contribution in [0.2, 0.25) is 0 Å². The van der Waals surface area contributed by atoms with E-state index in [-0.39, 0.29) is 17.7 Å². The zero-order valence-electron chi connectivity index (χ0n) is 12.0. The molecule has 1 aliphatic rings. The molecule has 0 saturated heterocycles. The molecule has 2 heterocycles. The third-order valence-corrected chi connectivity index (χ3v) is 3.85. The van der Waals surface area contributed by atoms with Crippen molar-refractivity contribution in [3.8, 4) is 0 Å². The highest BCUT2D eigenvalue weighted by Gasteiger charge is 2.19. The van der Waals surface area contributed by atoms with E-state index in [1.165, 1.54) is 12.1 Å². The standard InChI is InChI=1S/C13H11BrN6O4/c14-7-3-16-13(15)19(5-7)4-6-1-8(20(23)24)2-9-10(6)18-12(22)11(21)17-9/h1-3,5,13H,4,15H2,(H,17,21)(H,18,22). The van der Waals surface area contributed by atoms with Crippen LogP contribution in [0.4, 0.5) is 5.69 Å². The minimum absolute atomic E-state index is 0.147. The van der Waals surface area contributed by atoms with E-state index in [1.54, 1.807) is 17.3 Å². The van der Waals surface area contributed by atoms with E-state index in [9.17, 15) is 19.7 Å². The number of benzene rings is 1. The van der Waals surface area contributed by atoms with E-state index in [2.05, 4.69) is 30.9 Å². The quantitative estimate of drug-likeness (QED) is 0.391. The molecule has 0 amide bonds. The molecule has 11 heteroatoms. The molecule has 0 radical (unpaired) electrons. The number of fused-ring (bicyclic) bond motifs is 1. The molecule has 2 aromatic rings. The first kappa shape index (κ1) is 16.1. The van der Waals surface area contributed by atoms with E-state index < -0.39 is 22.3 Å². The summed E-state index contributed by atoms with van der Waals surface area (Å²) in [6.07, 6.45) is 2.56. The van der Waals surface area contributed by atoms with Crippen molar-refractivity contribution >= 4 is 38.9 Å². The largest absolute Gasteiger partial charge is 0.339 e. The first-order valence-corrected chi connectivity index (χ1v) is 7.50. The van der Waals surface area contributed by atoms with Crippen molar-refractivity contribution in [2.75, 3.05) is 0 Å². The van der Waals surface area contributed by atoms with Gasteiger partial charge in [0.25, 0.3) is 5.69 Å². The summed E-state index contributed by atoms with van der Waals surface area (Å²) in [4.78, 5) is 44.1. The highest BCUT2D eigenvalue weighted by Crippen LogP contribution is 2.24. The van der Waals surface area contributed by atoms with Gasteiger partial charge >= 0.3 is 11.1 Å². The van der Waals surface area contributed by atoms with Crippen LogP contribution in [0, 0.1) is 10.1 Å². The van der Waals surface area contributed by atoms with Gasteiger partial charge in [0.1, 0.15) is 0 Å². The Labute approximate surface area is 142 Å². The predicted octanol–water partition coefficient (Wildman–Crippen LogP) is 0.490. The van der Waals surface area contributed by atoms with Crippen molar-refractivity contribution in [2.24, 2.45) is 10.7 Å². The molecule has 0 fully saturated rings. The van der Waals surface area contributed by atoms with Crippen LogP contribution >= 0.6 is 15.9 Å². The summed E-state index contributed by atoms with van der Waals surface area (Å²) in [6.45, 7) is 0.147. The molecule has 124 valence electrons. The van der Waals surface area contributed by atoms with Crippen molar-refractivity contribution in [1.29, 1.82) is 0 Å². The van der Waals surface area contributed by atoms with E-state index in [0.29, 0.717) is 15.6 Å². The molecule has 0 bridgehead atoms. The fraction of sp³-hybridized carbons (Fsp3) is 0.154. The van der Waals surface area contributed by atoms with Crippen LogP contribution in [0.3, 0.4) is 0 Å². The zero-order valence-corrected chi connectivity index (χ0v) is 13.6. The summed E-state index contributed by atoms with van der Waals surface area (Å²) in [6, 6.07) is 2.51. The van der Waals surface area contributed by atoms with Gasteiger partial charge in [-0.1, -0.05) is 0 Å². The topological polar surface area (TPSA) is 150 Å². The van der Waals surface area contributed by atoms with Crippen LogP contribution in [0.5, 0.6) is 0 Å². The van der Waals surface area contributed by atoms with Gasteiger partial charge in [0.05, 0.1) is 20.4 Å². The number of nitro groups is 1. The van der Waals surface area contributed by atoms with Gasteiger partial charge in [-0.05, 0) is 15.9 Å². The van der Waals surface area contributed by atoms with Gasteiger partial charge in [-0.3, -0.25) is 30.4 Å². The van der Waals surface area contributed by atoms with E-state index in [4.69, 9.17) is 5.73 Å². The number of H-pyrrole nitrogens is 2. The second kappa shape index (κ2) is 6.02. The van der Waals surface area contributed by atoms with Crippen molar-refractivity contribution in [3.63, 3.8) is 0 Å². The number of halogens is 1. The lowest BCUT2D eigenvalue weighted by molar-refractivity contribution is -0.384. The van der Waals surface area contributed by atoms with Crippen LogP contribution in [-0.4, -0.2) is 32.3 Å². The molecule has 4 N–H and O–H groups in total. The Bertz CT molecular complexity index is 1010. The summed E-state index contributed by atoms with van der Waals surface area (Å²) < 4.78 is 0.681. The summed E-state index contributed by atoms with van der Waals surface area (Å²) in [5, 5.41) is 11.1. The summed E-state index contributed by atoms with van der Waals surface area (Å²) >= 11 is 3.28. The third-order valence-electron chi connectivity index (χ3n) is 3.44. The van der Waals surface area contributed by atoms with Crippen molar-refractivity contribution in [2.45, 2.75) is 12.8 Å². The predicted molar refractivity (Wildman–Crippen MR) is 90.9 cm³/mol. The maximum atomic E-state index is 11.6. The monoisotopic (exact) mass is 394 g/mol. The molecule has 0 saturated carbocycles. The highest BCUT2D eigenvalue weighted by atomic mass is 79.9. The Hall–Kier alpha value is -2.79. The Morgan fingerprint density at radius 3 is 2.75 bits per heavy atom. The molecule has 1 aliphatic heterocycles. The van der Waals surface area contributed by atoms with Gasteiger partial charge in [-0.15, -0.1) is 0 Å². The number of nitrogens with two attached hydrogens (primary N) is 1. The number of rotatable bonds is 3. The van der Waals surface area contributed by atoms with E-state index in [1.807, 2.05) is 0 Å². The Morgan fingerprint density at radius 1 is 1.33 bits per heavy atom. The molecular weight excluding hydrogens is 384 g/mol. The SMILES string of the molecule is NC1N=CC(Br)=CN1Cc1cc([N+](=O)[O-])cc2[nH]c(=O)c(=O)[nH]c12. The van der Waals surface area contributed by atoms with Crippen molar-refractivity contribution in [1.82, 2.24) is 14.9 Å². The molecule has 0 spiro atoms. The number of allylic oxidation sites excluding steroid dienone is 1. The van der Waals surface area contributed by atoms with Gasteiger partial charge in [0.15, 0.2) is 6.29 Å². The molecule has 1 atom stereocenters. The Balaban J connectivity index is 2.16. The fourth-order valence-electron chi connectivity index (χ4n) is 2.35. The van der Waals surface area contributed by atoms with Crippen LogP contribution in [0.1, 0.15) is 5.56 Å². The summed E-state index contributed by atoms with van der Waals surface area (Å²) in [7, 11) is 0. The second-order valence-electron chi connectivity index (χ2n) is 5.07. The zero-order chi connectivity index (χ0) is 17.4.